The van der Waals surface area contributed by atoms with Crippen molar-refractivity contribution in [2.24, 2.45) is 17.8 Å². The van der Waals surface area contributed by atoms with Gasteiger partial charge in [0.25, 0.3) is 0 Å². The van der Waals surface area contributed by atoms with E-state index in [2.05, 4.69) is 4.90 Å². The van der Waals surface area contributed by atoms with Crippen molar-refractivity contribution in [1.82, 2.24) is 4.90 Å². The van der Waals surface area contributed by atoms with Crippen molar-refractivity contribution < 1.29 is 5.11 Å². The van der Waals surface area contributed by atoms with Crippen LogP contribution in [0.1, 0.15) is 44.9 Å². The van der Waals surface area contributed by atoms with Gasteiger partial charge in [0.2, 0.25) is 0 Å². The fraction of sp³-hybridized carbons (Fsp3) is 1.00. The number of nitrogens with zero attached hydrogens (tertiary/aromatic N) is 1. The molecule has 3 saturated carbocycles. The fourth-order valence-electron chi connectivity index (χ4n) is 3.12. The minimum Gasteiger partial charge on any atom is -0.393 e. The standard InChI is InChI=1S/C14H25NO/c16-14-3-1-2-13(14)10-15(8-11-4-5-11)9-12-6-7-12/h11-14,16H,1-10H2. The molecule has 0 aromatic heterocycles. The normalized spacial score (nSPS) is 34.9. The van der Waals surface area contributed by atoms with E-state index < -0.39 is 0 Å². The monoisotopic (exact) mass is 223 g/mol. The molecule has 0 heterocycles. The van der Waals surface area contributed by atoms with Crippen molar-refractivity contribution in [3.05, 3.63) is 0 Å². The Kier molecular flexibility index (Phi) is 3.21. The molecule has 3 fully saturated rings. The van der Waals surface area contributed by atoms with Gasteiger partial charge >= 0.3 is 0 Å². The van der Waals surface area contributed by atoms with E-state index in [9.17, 15) is 5.11 Å². The highest BCUT2D eigenvalue weighted by molar-refractivity contribution is 4.86. The summed E-state index contributed by atoms with van der Waals surface area (Å²) < 4.78 is 0. The Morgan fingerprint density at radius 2 is 1.44 bits per heavy atom. The summed E-state index contributed by atoms with van der Waals surface area (Å²) in [6.07, 6.45) is 9.36. The first-order chi connectivity index (χ1) is 7.81. The lowest BCUT2D eigenvalue weighted by atomic mass is 10.0. The number of rotatable bonds is 6. The van der Waals surface area contributed by atoms with Gasteiger partial charge in [-0.25, -0.2) is 0 Å². The van der Waals surface area contributed by atoms with Gasteiger partial charge in [-0.3, -0.25) is 0 Å². The first-order valence-corrected chi connectivity index (χ1v) is 7.21. The van der Waals surface area contributed by atoms with Gasteiger partial charge < -0.3 is 10.0 Å². The molecule has 1 N–H and O–H groups in total. The van der Waals surface area contributed by atoms with Crippen LogP contribution in [0, 0.1) is 17.8 Å². The lowest BCUT2D eigenvalue weighted by Gasteiger charge is -2.27. The summed E-state index contributed by atoms with van der Waals surface area (Å²) in [6.45, 7) is 3.81. The van der Waals surface area contributed by atoms with Crippen LogP contribution in [0.15, 0.2) is 0 Å². The van der Waals surface area contributed by atoms with Crippen LogP contribution in [0.2, 0.25) is 0 Å². The van der Waals surface area contributed by atoms with Gasteiger partial charge in [0, 0.05) is 19.6 Å². The number of aliphatic hydroxyl groups is 1. The SMILES string of the molecule is OC1CCCC1CN(CC1CC1)CC1CC1. The summed E-state index contributed by atoms with van der Waals surface area (Å²) in [6, 6.07) is 0. The van der Waals surface area contributed by atoms with Crippen molar-refractivity contribution in [1.29, 1.82) is 0 Å². The van der Waals surface area contributed by atoms with Crippen LogP contribution >= 0.6 is 0 Å². The van der Waals surface area contributed by atoms with E-state index in [4.69, 9.17) is 0 Å². The number of hydrogen-bond donors (Lipinski definition) is 1. The topological polar surface area (TPSA) is 23.5 Å². The average Bonchev–Trinajstić information content (AvgIpc) is 3.14. The minimum absolute atomic E-state index is 0.000839. The molecule has 3 aliphatic rings. The van der Waals surface area contributed by atoms with E-state index in [1.54, 1.807) is 0 Å². The second kappa shape index (κ2) is 4.66. The molecule has 3 aliphatic carbocycles. The van der Waals surface area contributed by atoms with E-state index in [-0.39, 0.29) is 6.10 Å². The number of aliphatic hydroxyl groups excluding tert-OH is 1. The molecule has 0 aromatic rings. The molecule has 2 nitrogen and oxygen atoms in total. The zero-order chi connectivity index (χ0) is 11.0. The maximum Gasteiger partial charge on any atom is 0.0580 e. The molecule has 0 bridgehead atoms. The van der Waals surface area contributed by atoms with Crippen molar-refractivity contribution in [3.63, 3.8) is 0 Å². The lowest BCUT2D eigenvalue weighted by Crippen LogP contribution is -2.35. The second-order valence-electron chi connectivity index (χ2n) is 6.36. The van der Waals surface area contributed by atoms with Gasteiger partial charge in [0.05, 0.1) is 6.10 Å². The van der Waals surface area contributed by atoms with Gasteiger partial charge in [-0.2, -0.15) is 0 Å². The maximum atomic E-state index is 9.91. The fourth-order valence-corrected chi connectivity index (χ4v) is 3.12. The Balaban J connectivity index is 1.49. The summed E-state index contributed by atoms with van der Waals surface area (Å²) in [7, 11) is 0. The largest absolute Gasteiger partial charge is 0.393 e. The summed E-state index contributed by atoms with van der Waals surface area (Å²) in [5.74, 6) is 2.58. The van der Waals surface area contributed by atoms with Crippen LogP contribution in [0.25, 0.3) is 0 Å². The van der Waals surface area contributed by atoms with Crippen LogP contribution in [-0.2, 0) is 0 Å². The van der Waals surface area contributed by atoms with E-state index in [1.165, 1.54) is 58.2 Å². The molecule has 16 heavy (non-hydrogen) atoms. The molecule has 2 atom stereocenters. The summed E-state index contributed by atoms with van der Waals surface area (Å²) in [4.78, 5) is 2.68. The molecule has 0 amide bonds. The first kappa shape index (κ1) is 11.0. The Morgan fingerprint density at radius 1 is 0.812 bits per heavy atom. The van der Waals surface area contributed by atoms with Gasteiger partial charge in [-0.05, 0) is 56.3 Å². The predicted octanol–water partition coefficient (Wildman–Crippen LogP) is 2.27. The van der Waals surface area contributed by atoms with Crippen molar-refractivity contribution >= 4 is 0 Å². The maximum absolute atomic E-state index is 9.91. The van der Waals surface area contributed by atoms with Crippen molar-refractivity contribution in [2.45, 2.75) is 51.0 Å². The van der Waals surface area contributed by atoms with Crippen LogP contribution in [-0.4, -0.2) is 35.7 Å². The molecule has 0 aliphatic heterocycles. The molecular weight excluding hydrogens is 198 g/mol. The van der Waals surface area contributed by atoms with Crippen LogP contribution < -0.4 is 0 Å². The zero-order valence-electron chi connectivity index (χ0n) is 10.3. The van der Waals surface area contributed by atoms with Crippen LogP contribution in [0.4, 0.5) is 0 Å². The minimum atomic E-state index is 0.000839. The molecule has 3 rings (SSSR count). The van der Waals surface area contributed by atoms with Gasteiger partial charge in [0.1, 0.15) is 0 Å². The third kappa shape index (κ3) is 2.98. The van der Waals surface area contributed by atoms with E-state index in [0.717, 1.165) is 18.3 Å². The molecule has 2 heteroatoms. The van der Waals surface area contributed by atoms with Crippen LogP contribution in [0.3, 0.4) is 0 Å². The highest BCUT2D eigenvalue weighted by Crippen LogP contribution is 2.35. The molecule has 0 aromatic carbocycles. The zero-order valence-corrected chi connectivity index (χ0v) is 10.3. The van der Waals surface area contributed by atoms with E-state index in [1.807, 2.05) is 0 Å². The Labute approximate surface area is 99.0 Å². The second-order valence-corrected chi connectivity index (χ2v) is 6.36. The predicted molar refractivity (Wildman–Crippen MR) is 65.2 cm³/mol. The smallest absolute Gasteiger partial charge is 0.0580 e. The molecule has 92 valence electrons. The summed E-state index contributed by atoms with van der Waals surface area (Å²) in [5.41, 5.74) is 0. The lowest BCUT2D eigenvalue weighted by molar-refractivity contribution is 0.0983. The Morgan fingerprint density at radius 3 is 1.88 bits per heavy atom. The first-order valence-electron chi connectivity index (χ1n) is 7.21. The Bertz CT molecular complexity index is 221. The molecule has 0 saturated heterocycles. The summed E-state index contributed by atoms with van der Waals surface area (Å²) in [5, 5.41) is 9.91. The van der Waals surface area contributed by atoms with Gasteiger partial charge in [-0.1, -0.05) is 6.42 Å². The molecular formula is C14H25NO. The number of hydrogen-bond acceptors (Lipinski definition) is 2. The third-order valence-corrected chi connectivity index (χ3v) is 4.54. The van der Waals surface area contributed by atoms with Gasteiger partial charge in [0.15, 0.2) is 0 Å². The van der Waals surface area contributed by atoms with Crippen molar-refractivity contribution in [2.75, 3.05) is 19.6 Å². The van der Waals surface area contributed by atoms with Crippen molar-refractivity contribution in [3.8, 4) is 0 Å². The molecule has 2 unspecified atom stereocenters. The third-order valence-electron chi connectivity index (χ3n) is 4.54. The van der Waals surface area contributed by atoms with E-state index >= 15 is 0 Å². The Hall–Kier alpha value is -0.0800. The summed E-state index contributed by atoms with van der Waals surface area (Å²) >= 11 is 0. The highest BCUT2D eigenvalue weighted by atomic mass is 16.3. The highest BCUT2D eigenvalue weighted by Gasteiger charge is 2.32. The molecule has 0 radical (unpaired) electrons. The quantitative estimate of drug-likeness (QED) is 0.746. The average molecular weight is 223 g/mol. The van der Waals surface area contributed by atoms with E-state index in [0.29, 0.717) is 5.92 Å². The van der Waals surface area contributed by atoms with Crippen LogP contribution in [0.5, 0.6) is 0 Å². The van der Waals surface area contributed by atoms with Gasteiger partial charge in [-0.15, -0.1) is 0 Å². The molecule has 0 spiro atoms.